The Balaban J connectivity index is 2.00. The fourth-order valence-corrected chi connectivity index (χ4v) is 5.25. The minimum atomic E-state index is -1.57. The Bertz CT molecular complexity index is 1180. The highest BCUT2D eigenvalue weighted by Gasteiger charge is 2.39. The van der Waals surface area contributed by atoms with Crippen molar-refractivity contribution >= 4 is 69.5 Å². The maximum Gasteiger partial charge on any atom is 0.362 e. The van der Waals surface area contributed by atoms with Crippen LogP contribution in [0.2, 0.25) is 0 Å². The zero-order valence-corrected chi connectivity index (χ0v) is 23.5. The lowest BCUT2D eigenvalue weighted by atomic mass is 9.97. The largest absolute Gasteiger partial charge is 0.503 e. The highest BCUT2D eigenvalue weighted by atomic mass is 35.5. The van der Waals surface area contributed by atoms with E-state index >= 15 is 0 Å². The molecule has 3 atom stereocenters. The lowest BCUT2D eigenvalue weighted by molar-refractivity contribution is -0.171. The van der Waals surface area contributed by atoms with Crippen LogP contribution >= 0.6 is 45.9 Å². The molecule has 202 valence electrons. The Hall–Kier alpha value is -2.25. The number of ether oxygens (including phenoxy) is 3. The third-order valence-electron chi connectivity index (χ3n) is 5.33. The number of hydrogen-bond donors (Lipinski definition) is 2. The summed E-state index contributed by atoms with van der Waals surface area (Å²) < 4.78 is 15.2. The predicted octanol–water partition coefficient (Wildman–Crippen LogP) is 5.21. The molecule has 1 aliphatic rings. The van der Waals surface area contributed by atoms with Crippen LogP contribution < -0.4 is 0 Å². The van der Waals surface area contributed by atoms with Gasteiger partial charge in [0.05, 0.1) is 5.92 Å². The molecule has 0 fully saturated rings. The first-order chi connectivity index (χ1) is 17.2. The molecule has 14 heteroatoms. The number of aromatic nitrogens is 2. The van der Waals surface area contributed by atoms with Gasteiger partial charge in [0, 0.05) is 10.8 Å². The number of cyclic esters (lactones) is 3. The van der Waals surface area contributed by atoms with E-state index in [0.29, 0.717) is 12.8 Å². The molecule has 2 aromatic heterocycles. The molecule has 2 aromatic rings. The molecule has 4 bridgehead atoms. The average molecular weight is 594 g/mol. The van der Waals surface area contributed by atoms with Gasteiger partial charge in [-0.2, -0.15) is 0 Å². The second kappa shape index (κ2) is 11.6. The highest BCUT2D eigenvalue weighted by molar-refractivity contribution is 7.11. The monoisotopic (exact) mass is 592 g/mol. The van der Waals surface area contributed by atoms with Crippen molar-refractivity contribution in [2.45, 2.75) is 69.1 Å². The van der Waals surface area contributed by atoms with Crippen molar-refractivity contribution in [1.82, 2.24) is 9.97 Å². The number of thiazole rings is 2. The zero-order valence-electron chi connectivity index (χ0n) is 20.4. The molecule has 3 heterocycles. The summed E-state index contributed by atoms with van der Waals surface area (Å²) >= 11 is 14.1. The first-order valence-corrected chi connectivity index (χ1v) is 13.7. The molecule has 0 unspecified atom stereocenters. The maximum atomic E-state index is 13.2. The number of aliphatic hydroxyl groups excluding tert-OH is 1. The summed E-state index contributed by atoms with van der Waals surface area (Å²) in [5.41, 5.74) is -1.80. The van der Waals surface area contributed by atoms with E-state index in [9.17, 15) is 24.6 Å². The van der Waals surface area contributed by atoms with E-state index in [0.717, 1.165) is 28.9 Å². The van der Waals surface area contributed by atoms with Gasteiger partial charge in [-0.1, -0.05) is 0 Å². The van der Waals surface area contributed by atoms with E-state index in [4.69, 9.17) is 37.4 Å². The molecule has 3 rings (SSSR count). The summed E-state index contributed by atoms with van der Waals surface area (Å²) in [5, 5.41) is 23.9. The first kappa shape index (κ1) is 29.3. The van der Waals surface area contributed by atoms with Gasteiger partial charge in [-0.3, -0.25) is 4.79 Å². The van der Waals surface area contributed by atoms with Crippen LogP contribution in [-0.2, 0) is 19.0 Å². The van der Waals surface area contributed by atoms with E-state index in [-0.39, 0.29) is 27.8 Å². The molecule has 0 saturated carbocycles. The molecular weight excluding hydrogens is 567 g/mol. The van der Waals surface area contributed by atoms with Crippen molar-refractivity contribution < 1.29 is 38.8 Å². The zero-order chi connectivity index (χ0) is 27.5. The number of hydrogen-bond acceptors (Lipinski definition) is 12. The molecule has 10 nitrogen and oxygen atoms in total. The Morgan fingerprint density at radius 3 is 2.32 bits per heavy atom. The third-order valence-corrected chi connectivity index (χ3v) is 7.46. The van der Waals surface area contributed by atoms with Crippen LogP contribution in [0.4, 0.5) is 0 Å². The van der Waals surface area contributed by atoms with Gasteiger partial charge in [0.15, 0.2) is 28.3 Å². The number of nitrogens with zero attached hydrogens (tertiary/aromatic N) is 2. The van der Waals surface area contributed by atoms with E-state index in [1.807, 2.05) is 0 Å². The second-order valence-electron chi connectivity index (χ2n) is 9.18. The van der Waals surface area contributed by atoms with Crippen molar-refractivity contribution in [2.75, 3.05) is 0 Å². The van der Waals surface area contributed by atoms with Crippen LogP contribution in [0.1, 0.15) is 84.1 Å². The van der Waals surface area contributed by atoms with Crippen molar-refractivity contribution in [1.29, 1.82) is 0 Å². The molecule has 0 saturated heterocycles. The molecule has 0 spiro atoms. The number of halogens is 2. The van der Waals surface area contributed by atoms with Gasteiger partial charge in [0.2, 0.25) is 0 Å². The Morgan fingerprint density at radius 1 is 1.03 bits per heavy atom. The second-order valence-corrected chi connectivity index (χ2v) is 12.8. The lowest BCUT2D eigenvalue weighted by Crippen LogP contribution is -2.37. The summed E-state index contributed by atoms with van der Waals surface area (Å²) in [6.07, 6.45) is -0.375. The first-order valence-electron chi connectivity index (χ1n) is 11.2. The summed E-state index contributed by atoms with van der Waals surface area (Å²) in [6.45, 7) is 6.01. The lowest BCUT2D eigenvalue weighted by Gasteiger charge is -2.30. The van der Waals surface area contributed by atoms with Crippen molar-refractivity contribution in [3.8, 4) is 0 Å². The number of carbonyl (C=O) groups is 3. The smallest absolute Gasteiger partial charge is 0.362 e. The minimum Gasteiger partial charge on any atom is -0.503 e. The van der Waals surface area contributed by atoms with Gasteiger partial charge in [-0.15, -0.1) is 45.9 Å². The van der Waals surface area contributed by atoms with Crippen molar-refractivity contribution in [3.05, 3.63) is 38.4 Å². The standard InChI is InChI=1S/C23H26Cl2N2O8S2/c1-11-15(6-5-7-23(4,24)25)34-21(31)13-10-36-17(26-13)14(28)8-33-20(30)12-9-37-18(27-12)16(22(2,3)32)35-19(11)29/h8-11,15-16,28,32H,5-7H2,1-4H3/b14-8+/t11-,15-,16+/m0/s1. The van der Waals surface area contributed by atoms with E-state index in [1.165, 1.54) is 31.5 Å². The number of aliphatic hydroxyl groups is 2. The van der Waals surface area contributed by atoms with Crippen LogP contribution in [0.15, 0.2) is 17.0 Å². The van der Waals surface area contributed by atoms with Gasteiger partial charge >= 0.3 is 17.9 Å². The Labute approximate surface area is 231 Å². The van der Waals surface area contributed by atoms with Crippen LogP contribution in [-0.4, -0.2) is 54.1 Å². The van der Waals surface area contributed by atoms with Crippen LogP contribution in [0.5, 0.6) is 0 Å². The van der Waals surface area contributed by atoms with Gasteiger partial charge in [0.1, 0.15) is 27.3 Å². The van der Waals surface area contributed by atoms with Gasteiger partial charge < -0.3 is 24.4 Å². The van der Waals surface area contributed by atoms with Crippen LogP contribution in [0, 0.1) is 5.92 Å². The molecule has 1 aliphatic heterocycles. The van der Waals surface area contributed by atoms with Gasteiger partial charge in [-0.05, 0) is 47.0 Å². The number of alkyl halides is 2. The summed E-state index contributed by atoms with van der Waals surface area (Å²) in [4.78, 5) is 46.7. The quantitative estimate of drug-likeness (QED) is 0.269. The summed E-state index contributed by atoms with van der Waals surface area (Å²) in [7, 11) is 0. The van der Waals surface area contributed by atoms with E-state index in [2.05, 4.69) is 9.97 Å². The molecule has 0 radical (unpaired) electrons. The number of esters is 3. The maximum absolute atomic E-state index is 13.2. The van der Waals surface area contributed by atoms with E-state index in [1.54, 1.807) is 6.92 Å². The fraction of sp³-hybridized carbons (Fsp3) is 0.522. The topological polar surface area (TPSA) is 145 Å². The molecule has 2 N–H and O–H groups in total. The Morgan fingerprint density at radius 2 is 1.68 bits per heavy atom. The molecule has 0 amide bonds. The summed E-state index contributed by atoms with van der Waals surface area (Å²) in [6, 6.07) is 0. The van der Waals surface area contributed by atoms with Crippen LogP contribution in [0.25, 0.3) is 5.76 Å². The van der Waals surface area contributed by atoms with Crippen molar-refractivity contribution in [2.24, 2.45) is 5.92 Å². The fourth-order valence-electron chi connectivity index (χ4n) is 3.30. The molecule has 0 aromatic carbocycles. The van der Waals surface area contributed by atoms with Gasteiger partial charge in [-0.25, -0.2) is 19.6 Å². The molecular formula is C23H26Cl2N2O8S2. The van der Waals surface area contributed by atoms with Crippen LogP contribution in [0.3, 0.4) is 0 Å². The SMILES string of the molecule is C[C@@H]1C(=O)O[C@@H](C(C)(C)O)c2nc(cs2)C(=O)O/C=C(/O)c2nc(cs2)C(=O)O[C@H]1CCCC(C)(Cl)Cl. The number of fused-ring (bicyclic) bond motifs is 4. The van der Waals surface area contributed by atoms with Gasteiger partial charge in [0.25, 0.3) is 0 Å². The number of carbonyl (C=O) groups excluding carboxylic acids is 3. The average Bonchev–Trinajstić information content (AvgIpc) is 3.47. The van der Waals surface area contributed by atoms with E-state index < -0.39 is 51.7 Å². The molecule has 0 aliphatic carbocycles. The molecule has 37 heavy (non-hydrogen) atoms. The van der Waals surface area contributed by atoms with Crippen molar-refractivity contribution in [3.63, 3.8) is 0 Å². The minimum absolute atomic E-state index is 0.00850. The highest BCUT2D eigenvalue weighted by Crippen LogP contribution is 2.34. The third kappa shape index (κ3) is 7.87. The predicted molar refractivity (Wildman–Crippen MR) is 138 cm³/mol. The number of rotatable bonds is 5. The Kier molecular flexibility index (Phi) is 9.23. The normalized spacial score (nSPS) is 23.4. The summed E-state index contributed by atoms with van der Waals surface area (Å²) in [5.74, 6) is -3.93.